The van der Waals surface area contributed by atoms with Crippen molar-refractivity contribution in [3.05, 3.63) is 53.2 Å². The summed E-state index contributed by atoms with van der Waals surface area (Å²) in [5.74, 6) is 0.498. The fourth-order valence-corrected chi connectivity index (χ4v) is 3.50. The molecule has 0 saturated carbocycles. The average molecular weight is 402 g/mol. The Labute approximate surface area is 155 Å². The maximum atomic E-state index is 5.76. The number of halogens is 1. The van der Waals surface area contributed by atoms with E-state index >= 15 is 0 Å². The van der Waals surface area contributed by atoms with Crippen LogP contribution in [0.2, 0.25) is 0 Å². The van der Waals surface area contributed by atoms with Crippen LogP contribution < -0.4 is 4.74 Å². The van der Waals surface area contributed by atoms with Crippen molar-refractivity contribution in [3.8, 4) is 6.01 Å². The highest BCUT2D eigenvalue weighted by atomic mass is 79.9. The van der Waals surface area contributed by atoms with Crippen LogP contribution in [0.4, 0.5) is 0 Å². The molecule has 0 bridgehead atoms. The summed E-state index contributed by atoms with van der Waals surface area (Å²) in [4.78, 5) is 15.5. The third-order valence-corrected chi connectivity index (χ3v) is 4.86. The zero-order valence-corrected chi connectivity index (χ0v) is 15.5. The molecule has 4 heterocycles. The Morgan fingerprint density at radius 2 is 2.12 bits per heavy atom. The molecule has 0 aromatic carbocycles. The highest BCUT2D eigenvalue weighted by molar-refractivity contribution is 9.10. The number of imidazole rings is 1. The number of ether oxygens (including phenoxy) is 1. The van der Waals surface area contributed by atoms with Crippen LogP contribution >= 0.6 is 15.9 Å². The van der Waals surface area contributed by atoms with E-state index in [1.807, 2.05) is 24.4 Å². The molecule has 1 aliphatic rings. The minimum Gasteiger partial charge on any atom is -0.463 e. The Morgan fingerprint density at radius 1 is 1.24 bits per heavy atom. The minimum absolute atomic E-state index is 0.445. The van der Waals surface area contributed by atoms with E-state index in [4.69, 9.17) is 9.72 Å². The van der Waals surface area contributed by atoms with Crippen molar-refractivity contribution in [3.63, 3.8) is 0 Å². The summed E-state index contributed by atoms with van der Waals surface area (Å²) >= 11 is 3.33. The quantitative estimate of drug-likeness (QED) is 0.656. The molecule has 0 spiro atoms. The summed E-state index contributed by atoms with van der Waals surface area (Å²) in [5, 5.41) is 0. The van der Waals surface area contributed by atoms with Gasteiger partial charge in [0.2, 0.25) is 0 Å². The molecule has 3 aromatic heterocycles. The van der Waals surface area contributed by atoms with E-state index in [0.29, 0.717) is 18.5 Å². The van der Waals surface area contributed by atoms with E-state index in [9.17, 15) is 0 Å². The van der Waals surface area contributed by atoms with Gasteiger partial charge in [0.25, 0.3) is 0 Å². The molecule has 0 aliphatic carbocycles. The van der Waals surface area contributed by atoms with Gasteiger partial charge in [-0.1, -0.05) is 6.07 Å². The van der Waals surface area contributed by atoms with Crippen LogP contribution in [0.25, 0.3) is 5.65 Å². The Hall–Kier alpha value is -1.99. The molecule has 25 heavy (non-hydrogen) atoms. The number of nitrogens with zero attached hydrogens (tertiary/aromatic N) is 5. The summed E-state index contributed by atoms with van der Waals surface area (Å²) in [6, 6.07) is 6.52. The average Bonchev–Trinajstić information content (AvgIpc) is 3.04. The summed E-state index contributed by atoms with van der Waals surface area (Å²) in [7, 11) is 0. The molecule has 6 nitrogen and oxygen atoms in total. The second-order valence-corrected chi connectivity index (χ2v) is 7.35. The Bertz CT molecular complexity index is 802. The van der Waals surface area contributed by atoms with Gasteiger partial charge in [-0.25, -0.2) is 15.0 Å². The number of hydrogen-bond acceptors (Lipinski definition) is 5. The lowest BCUT2D eigenvalue weighted by Crippen LogP contribution is -2.37. The van der Waals surface area contributed by atoms with E-state index in [0.717, 1.165) is 35.4 Å². The van der Waals surface area contributed by atoms with Gasteiger partial charge in [-0.05, 0) is 47.4 Å². The molecule has 7 heteroatoms. The smallest absolute Gasteiger partial charge is 0.316 e. The molecule has 3 aromatic rings. The second kappa shape index (κ2) is 7.49. The third-order valence-electron chi connectivity index (χ3n) is 4.45. The van der Waals surface area contributed by atoms with Gasteiger partial charge in [-0.2, -0.15) is 0 Å². The number of hydrogen-bond donors (Lipinski definition) is 0. The van der Waals surface area contributed by atoms with Gasteiger partial charge >= 0.3 is 6.01 Å². The highest BCUT2D eigenvalue weighted by Crippen LogP contribution is 2.19. The van der Waals surface area contributed by atoms with Gasteiger partial charge < -0.3 is 9.14 Å². The maximum Gasteiger partial charge on any atom is 0.316 e. The first-order chi connectivity index (χ1) is 12.3. The highest BCUT2D eigenvalue weighted by Gasteiger charge is 2.21. The molecule has 1 saturated heterocycles. The Morgan fingerprint density at radius 3 is 2.96 bits per heavy atom. The normalized spacial score (nSPS) is 18.5. The van der Waals surface area contributed by atoms with Crippen molar-refractivity contribution < 1.29 is 4.74 Å². The van der Waals surface area contributed by atoms with Gasteiger partial charge in [0, 0.05) is 43.8 Å². The van der Waals surface area contributed by atoms with Gasteiger partial charge in [0.1, 0.15) is 5.65 Å². The first-order valence-electron chi connectivity index (χ1n) is 8.51. The standard InChI is InChI=1S/C18H20BrN5O/c19-15-8-20-18(21-9-15)25-13-14-4-3-6-23(10-14)11-16-12-24-7-2-1-5-17(24)22-16/h1-2,5,7-9,12,14H,3-4,6,10-11,13H2. The predicted octanol–water partition coefficient (Wildman–Crippen LogP) is 3.18. The van der Waals surface area contributed by atoms with Crippen LogP contribution in [0.5, 0.6) is 6.01 Å². The summed E-state index contributed by atoms with van der Waals surface area (Å²) in [6.07, 6.45) is 9.93. The second-order valence-electron chi connectivity index (χ2n) is 6.44. The Balaban J connectivity index is 1.33. The zero-order chi connectivity index (χ0) is 17.1. The van der Waals surface area contributed by atoms with Crippen molar-refractivity contribution in [1.29, 1.82) is 0 Å². The molecule has 1 unspecified atom stereocenters. The molecule has 1 atom stereocenters. The first kappa shape index (κ1) is 16.5. The van der Waals surface area contributed by atoms with Crippen molar-refractivity contribution in [2.75, 3.05) is 19.7 Å². The molecular formula is C18H20BrN5O. The van der Waals surface area contributed by atoms with E-state index in [1.54, 1.807) is 12.4 Å². The fraction of sp³-hybridized carbons (Fsp3) is 0.389. The van der Waals surface area contributed by atoms with Crippen molar-refractivity contribution >= 4 is 21.6 Å². The van der Waals surface area contributed by atoms with Crippen LogP contribution in [0.15, 0.2) is 47.5 Å². The molecule has 130 valence electrons. The van der Waals surface area contributed by atoms with Crippen molar-refractivity contribution in [2.45, 2.75) is 19.4 Å². The molecule has 0 radical (unpaired) electrons. The van der Waals surface area contributed by atoms with Crippen LogP contribution in [-0.2, 0) is 6.54 Å². The van der Waals surface area contributed by atoms with Crippen LogP contribution in [0.1, 0.15) is 18.5 Å². The predicted molar refractivity (Wildman–Crippen MR) is 98.4 cm³/mol. The van der Waals surface area contributed by atoms with Crippen molar-refractivity contribution in [1.82, 2.24) is 24.3 Å². The number of pyridine rings is 1. The molecule has 0 N–H and O–H groups in total. The van der Waals surface area contributed by atoms with E-state index < -0.39 is 0 Å². The lowest BCUT2D eigenvalue weighted by atomic mass is 9.99. The van der Waals surface area contributed by atoms with Crippen LogP contribution in [-0.4, -0.2) is 43.9 Å². The molecule has 4 rings (SSSR count). The number of likely N-dealkylation sites (tertiary alicyclic amines) is 1. The topological polar surface area (TPSA) is 55.5 Å². The van der Waals surface area contributed by atoms with Gasteiger partial charge in [0.15, 0.2) is 0 Å². The first-order valence-corrected chi connectivity index (χ1v) is 9.31. The lowest BCUT2D eigenvalue weighted by Gasteiger charge is -2.31. The number of fused-ring (bicyclic) bond motifs is 1. The number of piperidine rings is 1. The van der Waals surface area contributed by atoms with Crippen LogP contribution in [0.3, 0.4) is 0 Å². The largest absolute Gasteiger partial charge is 0.463 e. The summed E-state index contributed by atoms with van der Waals surface area (Å²) in [5.41, 5.74) is 2.12. The Kier molecular flexibility index (Phi) is 4.94. The monoisotopic (exact) mass is 401 g/mol. The summed E-state index contributed by atoms with van der Waals surface area (Å²) < 4.78 is 8.69. The zero-order valence-electron chi connectivity index (χ0n) is 13.9. The van der Waals surface area contributed by atoms with Gasteiger partial charge in [-0.3, -0.25) is 4.90 Å². The van der Waals surface area contributed by atoms with E-state index in [1.165, 1.54) is 12.8 Å². The minimum atomic E-state index is 0.445. The SMILES string of the molecule is Brc1cnc(OCC2CCCN(Cc3cn4ccccc4n3)C2)nc1. The van der Waals surface area contributed by atoms with E-state index in [2.05, 4.69) is 41.4 Å². The molecule has 1 fully saturated rings. The van der Waals surface area contributed by atoms with Gasteiger partial charge in [0.05, 0.1) is 16.8 Å². The lowest BCUT2D eigenvalue weighted by molar-refractivity contribution is 0.120. The molecular weight excluding hydrogens is 382 g/mol. The van der Waals surface area contributed by atoms with E-state index in [-0.39, 0.29) is 0 Å². The molecule has 0 amide bonds. The summed E-state index contributed by atoms with van der Waals surface area (Å²) in [6.45, 7) is 3.67. The maximum absolute atomic E-state index is 5.76. The van der Waals surface area contributed by atoms with Crippen LogP contribution in [0, 0.1) is 5.92 Å². The van der Waals surface area contributed by atoms with Crippen molar-refractivity contribution in [2.24, 2.45) is 5.92 Å². The number of aromatic nitrogens is 4. The number of rotatable bonds is 5. The fourth-order valence-electron chi connectivity index (χ4n) is 3.29. The van der Waals surface area contributed by atoms with Gasteiger partial charge in [-0.15, -0.1) is 0 Å². The molecule has 1 aliphatic heterocycles. The third kappa shape index (κ3) is 4.16.